The summed E-state index contributed by atoms with van der Waals surface area (Å²) in [5, 5.41) is 10.2. The standard InChI is InChI=1S/C23H25N7O2/c1-3-21(31)26-17-8-6-16(7-9-17)22(32)30-14-4-5-18(15-30)27-23-24-12-10-19(28-23)20-11-13-25-29(20)2/h3,6-13,18H,1,4-5,14-15H2,2H3,(H,26,31)(H,24,27,28)/t18-/m1/s1. The van der Waals surface area contributed by atoms with Crippen molar-refractivity contribution < 1.29 is 9.59 Å². The Balaban J connectivity index is 1.40. The van der Waals surface area contributed by atoms with Crippen molar-refractivity contribution in [1.82, 2.24) is 24.6 Å². The minimum atomic E-state index is -0.288. The van der Waals surface area contributed by atoms with Gasteiger partial charge in [-0.25, -0.2) is 9.97 Å². The van der Waals surface area contributed by atoms with Gasteiger partial charge < -0.3 is 15.5 Å². The summed E-state index contributed by atoms with van der Waals surface area (Å²) in [6, 6.07) is 10.7. The Labute approximate surface area is 186 Å². The topological polar surface area (TPSA) is 105 Å². The molecule has 1 fully saturated rings. The summed E-state index contributed by atoms with van der Waals surface area (Å²) < 4.78 is 1.77. The van der Waals surface area contributed by atoms with E-state index in [1.807, 2.05) is 24.1 Å². The molecule has 1 atom stereocenters. The van der Waals surface area contributed by atoms with Crippen molar-refractivity contribution >= 4 is 23.5 Å². The smallest absolute Gasteiger partial charge is 0.253 e. The Morgan fingerprint density at radius 1 is 1.16 bits per heavy atom. The third kappa shape index (κ3) is 4.83. The second-order valence-electron chi connectivity index (χ2n) is 7.61. The number of likely N-dealkylation sites (tertiary alicyclic amines) is 1. The first kappa shape index (κ1) is 21.2. The summed E-state index contributed by atoms with van der Waals surface area (Å²) in [6.45, 7) is 4.69. The molecular weight excluding hydrogens is 406 g/mol. The van der Waals surface area contributed by atoms with Crippen LogP contribution in [0, 0.1) is 0 Å². The molecule has 2 N–H and O–H groups in total. The van der Waals surface area contributed by atoms with Gasteiger partial charge in [-0.3, -0.25) is 14.3 Å². The molecule has 3 aromatic rings. The van der Waals surface area contributed by atoms with Gasteiger partial charge in [-0.1, -0.05) is 6.58 Å². The zero-order valence-electron chi connectivity index (χ0n) is 17.9. The number of benzene rings is 1. The van der Waals surface area contributed by atoms with Gasteiger partial charge in [-0.2, -0.15) is 5.10 Å². The van der Waals surface area contributed by atoms with E-state index in [9.17, 15) is 9.59 Å². The Bertz CT molecular complexity index is 1120. The van der Waals surface area contributed by atoms with Gasteiger partial charge in [0.25, 0.3) is 5.91 Å². The van der Waals surface area contributed by atoms with Crippen molar-refractivity contribution in [3.63, 3.8) is 0 Å². The Kier molecular flexibility index (Phi) is 6.25. The van der Waals surface area contributed by atoms with E-state index in [4.69, 9.17) is 0 Å². The molecule has 1 aliphatic heterocycles. The molecule has 1 saturated heterocycles. The molecule has 164 valence electrons. The van der Waals surface area contributed by atoms with Crippen LogP contribution < -0.4 is 10.6 Å². The van der Waals surface area contributed by atoms with E-state index in [2.05, 4.69) is 32.3 Å². The van der Waals surface area contributed by atoms with Gasteiger partial charge in [-0.05, 0) is 55.3 Å². The average Bonchev–Trinajstić information content (AvgIpc) is 3.25. The van der Waals surface area contributed by atoms with E-state index in [-0.39, 0.29) is 17.9 Å². The molecule has 0 radical (unpaired) electrons. The maximum absolute atomic E-state index is 13.0. The number of amides is 2. The number of nitrogens with one attached hydrogen (secondary N) is 2. The van der Waals surface area contributed by atoms with Gasteiger partial charge in [-0.15, -0.1) is 0 Å². The van der Waals surface area contributed by atoms with Gasteiger partial charge in [0.05, 0.1) is 11.4 Å². The van der Waals surface area contributed by atoms with E-state index in [1.54, 1.807) is 41.3 Å². The molecule has 1 aromatic carbocycles. The lowest BCUT2D eigenvalue weighted by Gasteiger charge is -2.33. The van der Waals surface area contributed by atoms with Gasteiger partial charge in [0.2, 0.25) is 11.9 Å². The molecule has 0 aliphatic carbocycles. The average molecular weight is 432 g/mol. The van der Waals surface area contributed by atoms with Crippen molar-refractivity contribution in [2.24, 2.45) is 7.05 Å². The van der Waals surface area contributed by atoms with Crippen LogP contribution in [0.4, 0.5) is 11.6 Å². The van der Waals surface area contributed by atoms with Crippen LogP contribution in [-0.4, -0.2) is 55.6 Å². The number of rotatable bonds is 6. The van der Waals surface area contributed by atoms with Crippen molar-refractivity contribution in [1.29, 1.82) is 0 Å². The van der Waals surface area contributed by atoms with Crippen molar-refractivity contribution in [2.45, 2.75) is 18.9 Å². The molecule has 0 unspecified atom stereocenters. The Morgan fingerprint density at radius 3 is 2.69 bits per heavy atom. The molecule has 32 heavy (non-hydrogen) atoms. The van der Waals surface area contributed by atoms with E-state index < -0.39 is 0 Å². The highest BCUT2D eigenvalue weighted by Gasteiger charge is 2.25. The normalized spacial score (nSPS) is 15.8. The number of aryl methyl sites for hydroxylation is 1. The highest BCUT2D eigenvalue weighted by atomic mass is 16.2. The fraction of sp³-hybridized carbons (Fsp3) is 0.261. The van der Waals surface area contributed by atoms with Gasteiger partial charge in [0.15, 0.2) is 0 Å². The fourth-order valence-corrected chi connectivity index (χ4v) is 3.73. The minimum absolute atomic E-state index is 0.0392. The zero-order chi connectivity index (χ0) is 22.5. The fourth-order valence-electron chi connectivity index (χ4n) is 3.73. The second-order valence-corrected chi connectivity index (χ2v) is 7.61. The first-order valence-electron chi connectivity index (χ1n) is 10.4. The molecule has 2 aromatic heterocycles. The van der Waals surface area contributed by atoms with Crippen LogP contribution in [0.15, 0.2) is 61.4 Å². The lowest BCUT2D eigenvalue weighted by atomic mass is 10.0. The third-order valence-electron chi connectivity index (χ3n) is 5.37. The summed E-state index contributed by atoms with van der Waals surface area (Å²) >= 11 is 0. The highest BCUT2D eigenvalue weighted by Crippen LogP contribution is 2.20. The Hall–Kier alpha value is -4.01. The summed E-state index contributed by atoms with van der Waals surface area (Å²) in [5.74, 6) is 0.205. The monoisotopic (exact) mass is 431 g/mol. The minimum Gasteiger partial charge on any atom is -0.350 e. The zero-order valence-corrected chi connectivity index (χ0v) is 17.9. The second kappa shape index (κ2) is 9.42. The number of hydrogen-bond donors (Lipinski definition) is 2. The van der Waals surface area contributed by atoms with Gasteiger partial charge >= 0.3 is 0 Å². The quantitative estimate of drug-likeness (QED) is 0.582. The number of hydrogen-bond acceptors (Lipinski definition) is 6. The summed E-state index contributed by atoms with van der Waals surface area (Å²) in [7, 11) is 1.87. The van der Waals surface area contributed by atoms with Gasteiger partial charge in [0.1, 0.15) is 0 Å². The van der Waals surface area contributed by atoms with E-state index in [0.717, 1.165) is 24.2 Å². The Morgan fingerprint density at radius 2 is 1.97 bits per heavy atom. The van der Waals surface area contributed by atoms with E-state index in [0.29, 0.717) is 30.3 Å². The molecule has 1 aliphatic rings. The SMILES string of the molecule is C=CC(=O)Nc1ccc(C(=O)N2CCC[C@@H](Nc3nccc(-c4ccnn4C)n3)C2)cc1. The number of nitrogens with zero attached hydrogens (tertiary/aromatic N) is 5. The maximum atomic E-state index is 13.0. The lowest BCUT2D eigenvalue weighted by Crippen LogP contribution is -2.45. The number of carbonyl (C=O) groups excluding carboxylic acids is 2. The predicted molar refractivity (Wildman–Crippen MR) is 122 cm³/mol. The van der Waals surface area contributed by atoms with Crippen molar-refractivity contribution in [3.8, 4) is 11.4 Å². The van der Waals surface area contributed by atoms with Crippen LogP contribution in [0.3, 0.4) is 0 Å². The van der Waals surface area contributed by atoms with Crippen molar-refractivity contribution in [2.75, 3.05) is 23.7 Å². The number of carbonyl (C=O) groups is 2. The van der Waals surface area contributed by atoms with E-state index >= 15 is 0 Å². The van der Waals surface area contributed by atoms with Crippen LogP contribution in [0.2, 0.25) is 0 Å². The number of anilines is 2. The van der Waals surface area contributed by atoms with Crippen LogP contribution in [0.5, 0.6) is 0 Å². The first-order chi connectivity index (χ1) is 15.5. The molecule has 0 spiro atoms. The van der Waals surface area contributed by atoms with Crippen LogP contribution in [0.25, 0.3) is 11.4 Å². The number of piperidine rings is 1. The maximum Gasteiger partial charge on any atom is 0.253 e. The summed E-state index contributed by atoms with van der Waals surface area (Å²) in [4.78, 5) is 35.2. The van der Waals surface area contributed by atoms with Crippen LogP contribution in [-0.2, 0) is 11.8 Å². The molecule has 3 heterocycles. The molecule has 4 rings (SSSR count). The molecule has 9 heteroatoms. The molecule has 0 saturated carbocycles. The molecule has 9 nitrogen and oxygen atoms in total. The third-order valence-corrected chi connectivity index (χ3v) is 5.37. The first-order valence-corrected chi connectivity index (χ1v) is 10.4. The lowest BCUT2D eigenvalue weighted by molar-refractivity contribution is -0.111. The summed E-state index contributed by atoms with van der Waals surface area (Å²) in [6.07, 6.45) is 6.47. The molecular formula is C23H25N7O2. The number of aromatic nitrogens is 4. The van der Waals surface area contributed by atoms with E-state index in [1.165, 1.54) is 6.08 Å². The van der Waals surface area contributed by atoms with Crippen LogP contribution >= 0.6 is 0 Å². The van der Waals surface area contributed by atoms with Crippen molar-refractivity contribution in [3.05, 3.63) is 67.0 Å². The molecule has 0 bridgehead atoms. The van der Waals surface area contributed by atoms with Crippen LogP contribution in [0.1, 0.15) is 23.2 Å². The predicted octanol–water partition coefficient (Wildman–Crippen LogP) is 2.72. The largest absolute Gasteiger partial charge is 0.350 e. The highest BCUT2D eigenvalue weighted by molar-refractivity contribution is 5.99. The summed E-state index contributed by atoms with van der Waals surface area (Å²) in [5.41, 5.74) is 2.89. The van der Waals surface area contributed by atoms with Gasteiger partial charge in [0, 0.05) is 49.8 Å². The molecule has 2 amide bonds.